The van der Waals surface area contributed by atoms with Crippen molar-refractivity contribution in [2.45, 2.75) is 33.0 Å². The third-order valence-electron chi connectivity index (χ3n) is 6.28. The molecule has 0 aliphatic carbocycles. The second-order valence-electron chi connectivity index (χ2n) is 8.82. The van der Waals surface area contributed by atoms with Gasteiger partial charge in [-0.3, -0.25) is 14.6 Å². The lowest BCUT2D eigenvalue weighted by atomic mass is 10.1. The summed E-state index contributed by atoms with van der Waals surface area (Å²) in [7, 11) is 0. The average Bonchev–Trinajstić information content (AvgIpc) is 3.34. The van der Waals surface area contributed by atoms with E-state index in [1.54, 1.807) is 0 Å². The third kappa shape index (κ3) is 6.76. The van der Waals surface area contributed by atoms with Crippen molar-refractivity contribution >= 4 is 5.91 Å². The molecule has 2 heterocycles. The number of carbonyl (C=O) groups is 1. The molecule has 3 aromatic rings. The first kappa shape index (κ1) is 24.1. The van der Waals surface area contributed by atoms with Crippen molar-refractivity contribution in [3.8, 4) is 0 Å². The summed E-state index contributed by atoms with van der Waals surface area (Å²) in [6.45, 7) is 10.8. The van der Waals surface area contributed by atoms with Crippen LogP contribution in [0.5, 0.6) is 0 Å². The van der Waals surface area contributed by atoms with Gasteiger partial charge in [0.25, 0.3) is 5.91 Å². The molecule has 34 heavy (non-hydrogen) atoms. The second kappa shape index (κ2) is 11.9. The minimum Gasteiger partial charge on any atom is -0.447 e. The molecule has 0 saturated carbocycles. The lowest BCUT2D eigenvalue weighted by Crippen LogP contribution is -2.41. The molecule has 1 N–H and O–H groups in total. The van der Waals surface area contributed by atoms with E-state index in [4.69, 9.17) is 9.15 Å². The fraction of sp³-hybridized carbons (Fsp3) is 0.407. The van der Waals surface area contributed by atoms with E-state index in [0.717, 1.165) is 51.5 Å². The van der Waals surface area contributed by atoms with Gasteiger partial charge in [0, 0.05) is 32.7 Å². The molecule has 180 valence electrons. The fourth-order valence-corrected chi connectivity index (χ4v) is 4.12. The largest absolute Gasteiger partial charge is 0.447 e. The first-order valence-corrected chi connectivity index (χ1v) is 12.0. The number of hydrogen-bond acceptors (Lipinski definition) is 6. The van der Waals surface area contributed by atoms with Crippen LogP contribution in [0.2, 0.25) is 0 Å². The maximum Gasteiger partial charge on any atom is 0.273 e. The smallest absolute Gasteiger partial charge is 0.273 e. The Morgan fingerprint density at radius 2 is 1.82 bits per heavy atom. The number of hydrogen-bond donors (Lipinski definition) is 1. The van der Waals surface area contributed by atoms with Crippen LogP contribution in [0.4, 0.5) is 0 Å². The van der Waals surface area contributed by atoms with E-state index < -0.39 is 0 Å². The zero-order valence-corrected chi connectivity index (χ0v) is 20.1. The van der Waals surface area contributed by atoms with Crippen LogP contribution in [0.15, 0.2) is 65.3 Å². The highest BCUT2D eigenvalue weighted by Crippen LogP contribution is 2.15. The summed E-state index contributed by atoms with van der Waals surface area (Å²) in [6, 6.07) is 18.2. The molecule has 0 radical (unpaired) electrons. The highest BCUT2D eigenvalue weighted by atomic mass is 16.5. The van der Waals surface area contributed by atoms with Crippen LogP contribution in [0.25, 0.3) is 0 Å². The van der Waals surface area contributed by atoms with Gasteiger partial charge >= 0.3 is 0 Å². The Balaban J connectivity index is 1.40. The van der Waals surface area contributed by atoms with Gasteiger partial charge in [-0.15, -0.1) is 0 Å². The van der Waals surface area contributed by atoms with Crippen molar-refractivity contribution in [1.82, 2.24) is 20.1 Å². The van der Waals surface area contributed by atoms with Crippen molar-refractivity contribution in [1.29, 1.82) is 0 Å². The number of carbonyl (C=O) groups excluding carboxylic acids is 1. The van der Waals surface area contributed by atoms with Gasteiger partial charge < -0.3 is 14.5 Å². The van der Waals surface area contributed by atoms with E-state index in [9.17, 15) is 4.79 Å². The average molecular weight is 463 g/mol. The molecule has 0 spiro atoms. The van der Waals surface area contributed by atoms with Crippen molar-refractivity contribution in [3.63, 3.8) is 0 Å². The normalized spacial score (nSPS) is 15.4. The monoisotopic (exact) mass is 462 g/mol. The van der Waals surface area contributed by atoms with E-state index in [0.29, 0.717) is 18.1 Å². The van der Waals surface area contributed by atoms with Crippen LogP contribution in [0.1, 0.15) is 46.0 Å². The molecule has 1 amide bonds. The first-order valence-electron chi connectivity index (χ1n) is 12.0. The number of morpholine rings is 1. The summed E-state index contributed by atoms with van der Waals surface area (Å²) in [5.41, 5.74) is 3.90. The summed E-state index contributed by atoms with van der Waals surface area (Å²) in [6.07, 6.45) is 1.45. The van der Waals surface area contributed by atoms with Gasteiger partial charge in [-0.05, 0) is 30.5 Å². The molecule has 1 aromatic heterocycles. The van der Waals surface area contributed by atoms with Crippen LogP contribution in [-0.2, 0) is 17.8 Å². The van der Waals surface area contributed by atoms with Gasteiger partial charge in [-0.1, -0.05) is 54.6 Å². The summed E-state index contributed by atoms with van der Waals surface area (Å²) < 4.78 is 11.2. The molecule has 1 aliphatic rings. The molecule has 7 heteroatoms. The highest BCUT2D eigenvalue weighted by molar-refractivity contribution is 5.92. The van der Waals surface area contributed by atoms with Gasteiger partial charge in [0.15, 0.2) is 5.69 Å². The van der Waals surface area contributed by atoms with Crippen LogP contribution in [0.3, 0.4) is 0 Å². The van der Waals surface area contributed by atoms with Gasteiger partial charge in [0.1, 0.15) is 6.26 Å². The molecule has 0 bridgehead atoms. The Hall–Kier alpha value is -3.00. The predicted octanol–water partition coefficient (Wildman–Crippen LogP) is 3.81. The molecular formula is C27H34N4O3. The topological polar surface area (TPSA) is 70.8 Å². The highest BCUT2D eigenvalue weighted by Gasteiger charge is 2.19. The number of nitrogens with one attached hydrogen (secondary N) is 1. The van der Waals surface area contributed by atoms with Crippen LogP contribution in [0, 0.1) is 6.92 Å². The van der Waals surface area contributed by atoms with E-state index in [1.165, 1.54) is 17.4 Å². The van der Waals surface area contributed by atoms with Crippen molar-refractivity contribution < 1.29 is 13.9 Å². The molecule has 7 nitrogen and oxygen atoms in total. The molecule has 1 saturated heterocycles. The van der Waals surface area contributed by atoms with E-state index in [1.807, 2.05) is 37.3 Å². The van der Waals surface area contributed by atoms with Gasteiger partial charge in [-0.2, -0.15) is 0 Å². The summed E-state index contributed by atoms with van der Waals surface area (Å²) in [5, 5.41) is 3.00. The summed E-state index contributed by atoms with van der Waals surface area (Å²) >= 11 is 0. The van der Waals surface area contributed by atoms with Crippen molar-refractivity contribution in [3.05, 3.63) is 89.1 Å². The number of ether oxygens (including phenoxy) is 1. The third-order valence-corrected chi connectivity index (χ3v) is 6.28. The number of oxazole rings is 1. The minimum absolute atomic E-state index is 0.111. The standard InChI is InChI=1S/C27H34N4O3/c1-21-8-6-7-11-24(21)18-31(13-12-30-14-16-33-17-15-30)19-26-29-25(20-34-26)27(32)28-22(2)23-9-4-3-5-10-23/h3-11,20,22H,12-19H2,1-2H3,(H,28,32). The van der Waals surface area contributed by atoms with Gasteiger partial charge in [0.2, 0.25) is 5.89 Å². The van der Waals surface area contributed by atoms with E-state index in [2.05, 4.69) is 51.3 Å². The van der Waals surface area contributed by atoms with Crippen molar-refractivity contribution in [2.75, 3.05) is 39.4 Å². The Kier molecular flexibility index (Phi) is 8.46. The lowest BCUT2D eigenvalue weighted by molar-refractivity contribution is 0.0320. The van der Waals surface area contributed by atoms with E-state index >= 15 is 0 Å². The number of aryl methyl sites for hydroxylation is 1. The number of rotatable bonds is 10. The number of aromatic nitrogens is 1. The van der Waals surface area contributed by atoms with Crippen LogP contribution < -0.4 is 5.32 Å². The fourth-order valence-electron chi connectivity index (χ4n) is 4.12. The summed E-state index contributed by atoms with van der Waals surface area (Å²) in [4.78, 5) is 22.0. The minimum atomic E-state index is -0.231. The zero-order valence-electron chi connectivity index (χ0n) is 20.1. The maximum absolute atomic E-state index is 12.7. The Labute approximate surface area is 201 Å². The maximum atomic E-state index is 12.7. The Morgan fingerprint density at radius 1 is 1.09 bits per heavy atom. The van der Waals surface area contributed by atoms with Gasteiger partial charge in [-0.25, -0.2) is 4.98 Å². The van der Waals surface area contributed by atoms with Crippen LogP contribution >= 0.6 is 0 Å². The zero-order chi connectivity index (χ0) is 23.8. The molecule has 1 atom stereocenters. The molecule has 4 rings (SSSR count). The lowest BCUT2D eigenvalue weighted by Gasteiger charge is -2.29. The Bertz CT molecular complexity index is 1050. The predicted molar refractivity (Wildman–Crippen MR) is 131 cm³/mol. The molecule has 1 unspecified atom stereocenters. The number of nitrogens with zero attached hydrogens (tertiary/aromatic N) is 3. The Morgan fingerprint density at radius 3 is 2.59 bits per heavy atom. The first-order chi connectivity index (χ1) is 16.6. The molecule has 1 fully saturated rings. The van der Waals surface area contributed by atoms with Gasteiger partial charge in [0.05, 0.1) is 25.8 Å². The number of benzene rings is 2. The quantitative estimate of drug-likeness (QED) is 0.494. The van der Waals surface area contributed by atoms with Crippen LogP contribution in [-0.4, -0.2) is 60.1 Å². The van der Waals surface area contributed by atoms with E-state index in [-0.39, 0.29) is 11.9 Å². The second-order valence-corrected chi connectivity index (χ2v) is 8.82. The SMILES string of the molecule is Cc1ccccc1CN(CCN1CCOCC1)Cc1nc(C(=O)NC(C)c2ccccc2)co1. The molecular weight excluding hydrogens is 428 g/mol. The summed E-state index contributed by atoms with van der Waals surface area (Å²) in [5.74, 6) is 0.318. The van der Waals surface area contributed by atoms with Crippen molar-refractivity contribution in [2.24, 2.45) is 0 Å². The molecule has 2 aromatic carbocycles. The molecule has 1 aliphatic heterocycles. The number of amides is 1.